The number of hydrogen-bond acceptors (Lipinski definition) is 10. The smallest absolute Gasteiger partial charge is 0.461 e. The second-order valence-electron chi connectivity index (χ2n) is 19.8. The molecule has 0 saturated heterocycles. The molecule has 12 heteroatoms. The number of unbranched alkanes of at least 4 members (excludes halogenated alkanes) is 19. The van der Waals surface area contributed by atoms with Crippen LogP contribution < -0.4 is 0 Å². The Morgan fingerprint density at radius 3 is 1.09 bits per heavy atom. The maximum absolute atomic E-state index is 12.9. The lowest BCUT2D eigenvalue weighted by Crippen LogP contribution is -2.30. The number of phosphoric acid groups is 1. The molecule has 0 saturated carbocycles. The van der Waals surface area contributed by atoms with Gasteiger partial charge in [0.1, 0.15) is 12.7 Å². The molecule has 0 amide bonds. The van der Waals surface area contributed by atoms with E-state index in [1.807, 2.05) is 12.2 Å². The molecular formula is C66H109O11P. The Labute approximate surface area is 475 Å². The van der Waals surface area contributed by atoms with Gasteiger partial charge >= 0.3 is 25.7 Å². The van der Waals surface area contributed by atoms with Crippen LogP contribution in [0, 0.1) is 0 Å². The van der Waals surface area contributed by atoms with Gasteiger partial charge in [0.25, 0.3) is 0 Å². The van der Waals surface area contributed by atoms with Crippen LogP contribution in [0.1, 0.15) is 239 Å². The number of hydrogen-bond donors (Lipinski definition) is 2. The summed E-state index contributed by atoms with van der Waals surface area (Å²) in [7, 11) is -4.78. The Morgan fingerprint density at radius 1 is 0.385 bits per heavy atom. The average Bonchev–Trinajstić information content (AvgIpc) is 3.43. The van der Waals surface area contributed by atoms with Crippen LogP contribution in [0.25, 0.3) is 0 Å². The van der Waals surface area contributed by atoms with E-state index in [9.17, 15) is 28.9 Å². The Hall–Kier alpha value is -4.12. The molecule has 78 heavy (non-hydrogen) atoms. The zero-order valence-electron chi connectivity index (χ0n) is 49.1. The summed E-state index contributed by atoms with van der Waals surface area (Å²) in [5.41, 5.74) is 0. The van der Waals surface area contributed by atoms with Crippen LogP contribution in [0.3, 0.4) is 0 Å². The fraction of sp³-hybridized carbons (Fsp3) is 0.652. The molecule has 11 nitrogen and oxygen atoms in total. The van der Waals surface area contributed by atoms with E-state index in [1.165, 1.54) is 64.2 Å². The predicted molar refractivity (Wildman–Crippen MR) is 325 cm³/mol. The Balaban J connectivity index is 4.83. The second kappa shape index (κ2) is 59.0. The summed E-state index contributed by atoms with van der Waals surface area (Å²) < 4.78 is 39.5. The van der Waals surface area contributed by atoms with Crippen molar-refractivity contribution in [2.24, 2.45) is 0 Å². The summed E-state index contributed by atoms with van der Waals surface area (Å²) in [6.45, 7) is 4.34. The van der Waals surface area contributed by atoms with Crippen LogP contribution in [0.15, 0.2) is 122 Å². The third kappa shape index (κ3) is 56.6. The van der Waals surface area contributed by atoms with Gasteiger partial charge in [0.2, 0.25) is 0 Å². The lowest BCUT2D eigenvalue weighted by Gasteiger charge is -2.21. The molecular weight excluding hydrogens is 1000 g/mol. The molecule has 0 heterocycles. The molecule has 3 unspecified atom stereocenters. The minimum absolute atomic E-state index is 0.0147. The van der Waals surface area contributed by atoms with Gasteiger partial charge in [-0.1, -0.05) is 226 Å². The van der Waals surface area contributed by atoms with Crippen LogP contribution in [-0.4, -0.2) is 66.5 Å². The average molecular weight is 1110 g/mol. The van der Waals surface area contributed by atoms with E-state index in [0.717, 1.165) is 116 Å². The highest BCUT2D eigenvalue weighted by Crippen LogP contribution is 2.43. The Bertz CT molecular complexity index is 1770. The minimum Gasteiger partial charge on any atom is -0.461 e. The van der Waals surface area contributed by atoms with E-state index in [-0.39, 0.29) is 19.3 Å². The zero-order valence-corrected chi connectivity index (χ0v) is 50.0. The minimum atomic E-state index is -4.78. The van der Waals surface area contributed by atoms with Gasteiger partial charge in [0, 0.05) is 12.8 Å². The summed E-state index contributed by atoms with van der Waals surface area (Å²) in [5, 5.41) is 9.84. The van der Waals surface area contributed by atoms with Gasteiger partial charge in [-0.3, -0.25) is 23.4 Å². The summed E-state index contributed by atoms with van der Waals surface area (Å²) in [6.07, 6.45) is 73.2. The molecule has 2 N–H and O–H groups in total. The monoisotopic (exact) mass is 1110 g/mol. The number of carbonyl (C=O) groups is 3. The lowest BCUT2D eigenvalue weighted by molar-refractivity contribution is -0.161. The standard InChI is InChI=1S/C66H109O11P/c1-4-7-10-13-16-19-22-25-28-30-31-33-36-39-42-45-48-51-54-57-66(70)77-63(59-73-64(68)55-52-49-46-43-40-37-34-27-24-21-18-15-12-9-6-3)61-75-78(71,72)74-60-62(58-67)76-65(69)56-53-50-47-44-41-38-35-32-29-26-23-20-17-14-11-8-5-2/h9,12,16-21,25-29,31,33-34,40,43,49,52,62-63,67H,4-8,10-11,13-15,22-24,30,32,35-39,41-42,44-48,50-51,53-61H2,1-3H3,(H,71,72)/b12-9-,19-16-,20-17-,21-18-,28-25-,29-26-,33-31-,34-27-,43-40-,52-49-. The van der Waals surface area contributed by atoms with Gasteiger partial charge in [0.05, 0.1) is 26.2 Å². The van der Waals surface area contributed by atoms with E-state index in [1.54, 1.807) is 6.08 Å². The van der Waals surface area contributed by atoms with Crippen LogP contribution in [0.5, 0.6) is 0 Å². The predicted octanol–water partition coefficient (Wildman–Crippen LogP) is 18.4. The molecule has 0 spiro atoms. The number of rotatable bonds is 55. The number of aliphatic hydroxyl groups excluding tert-OH is 1. The summed E-state index contributed by atoms with van der Waals surface area (Å²) in [5.74, 6) is -1.65. The SMILES string of the molecule is CC/C=C\C/C=C\C/C=C\C/C=C\C/C=C\CC(=O)OCC(COP(=O)(O)OCC(CO)OC(=O)CCCCCCCCC/C=C\C/C=C\CCCCC)OC(=O)CCCCCCCC/C=C\C/C=C\C/C=C\CCCCC. The molecule has 0 aromatic rings. The first-order chi connectivity index (χ1) is 38.2. The molecule has 0 aromatic carbocycles. The van der Waals surface area contributed by atoms with E-state index < -0.39 is 64.4 Å². The van der Waals surface area contributed by atoms with Crippen LogP contribution in [0.4, 0.5) is 0 Å². The molecule has 0 fully saturated rings. The van der Waals surface area contributed by atoms with Gasteiger partial charge in [-0.05, 0) is 116 Å². The lowest BCUT2D eigenvalue weighted by atomic mass is 10.1. The largest absolute Gasteiger partial charge is 0.472 e. The first kappa shape index (κ1) is 73.9. The van der Waals surface area contributed by atoms with Crippen LogP contribution in [0.2, 0.25) is 0 Å². The Morgan fingerprint density at radius 2 is 0.705 bits per heavy atom. The number of allylic oxidation sites excluding steroid dienone is 19. The molecule has 0 aliphatic carbocycles. The molecule has 444 valence electrons. The third-order valence-corrected chi connectivity index (χ3v) is 13.3. The van der Waals surface area contributed by atoms with Crippen molar-refractivity contribution >= 4 is 25.7 Å². The first-order valence-electron chi connectivity index (χ1n) is 30.4. The van der Waals surface area contributed by atoms with Gasteiger partial charge in [-0.15, -0.1) is 0 Å². The molecule has 0 aromatic heterocycles. The first-order valence-corrected chi connectivity index (χ1v) is 31.9. The zero-order chi connectivity index (χ0) is 56.9. The van der Waals surface area contributed by atoms with E-state index in [2.05, 4.69) is 124 Å². The van der Waals surface area contributed by atoms with E-state index >= 15 is 0 Å². The molecule has 3 atom stereocenters. The van der Waals surface area contributed by atoms with Crippen molar-refractivity contribution < 1.29 is 52.2 Å². The number of esters is 3. The summed E-state index contributed by atoms with van der Waals surface area (Å²) >= 11 is 0. The van der Waals surface area contributed by atoms with Gasteiger partial charge in [0.15, 0.2) is 6.10 Å². The van der Waals surface area contributed by atoms with Crippen molar-refractivity contribution in [2.45, 2.75) is 251 Å². The molecule has 0 aliphatic heterocycles. The maximum Gasteiger partial charge on any atom is 0.472 e. The molecule has 0 rings (SSSR count). The van der Waals surface area contributed by atoms with Gasteiger partial charge in [-0.2, -0.15) is 0 Å². The number of phosphoric ester groups is 1. The number of carbonyl (C=O) groups excluding carboxylic acids is 3. The molecule has 0 radical (unpaired) electrons. The van der Waals surface area contributed by atoms with Gasteiger partial charge in [-0.25, -0.2) is 4.57 Å². The van der Waals surface area contributed by atoms with Crippen LogP contribution >= 0.6 is 7.82 Å². The Kier molecular flexibility index (Phi) is 55.9. The molecule has 0 aliphatic rings. The number of ether oxygens (including phenoxy) is 3. The topological polar surface area (TPSA) is 155 Å². The second-order valence-corrected chi connectivity index (χ2v) is 21.2. The quantitative estimate of drug-likeness (QED) is 0.0197. The highest BCUT2D eigenvalue weighted by Gasteiger charge is 2.28. The van der Waals surface area contributed by atoms with Crippen molar-refractivity contribution in [3.8, 4) is 0 Å². The maximum atomic E-state index is 12.9. The van der Waals surface area contributed by atoms with Crippen molar-refractivity contribution in [3.63, 3.8) is 0 Å². The normalized spacial score (nSPS) is 14.2. The van der Waals surface area contributed by atoms with Crippen molar-refractivity contribution in [2.75, 3.05) is 26.4 Å². The fourth-order valence-corrected chi connectivity index (χ4v) is 8.54. The van der Waals surface area contributed by atoms with Crippen molar-refractivity contribution in [3.05, 3.63) is 122 Å². The highest BCUT2D eigenvalue weighted by atomic mass is 31.2. The van der Waals surface area contributed by atoms with Gasteiger partial charge < -0.3 is 24.2 Å². The van der Waals surface area contributed by atoms with Crippen molar-refractivity contribution in [1.29, 1.82) is 0 Å². The molecule has 0 bridgehead atoms. The number of aliphatic hydroxyl groups is 1. The van der Waals surface area contributed by atoms with Crippen LogP contribution in [-0.2, 0) is 42.2 Å². The fourth-order valence-electron chi connectivity index (χ4n) is 7.76. The van der Waals surface area contributed by atoms with E-state index in [4.69, 9.17) is 23.3 Å². The van der Waals surface area contributed by atoms with Crippen molar-refractivity contribution in [1.82, 2.24) is 0 Å². The van der Waals surface area contributed by atoms with E-state index in [0.29, 0.717) is 19.3 Å². The highest BCUT2D eigenvalue weighted by molar-refractivity contribution is 7.47. The summed E-state index contributed by atoms with van der Waals surface area (Å²) in [6, 6.07) is 0. The third-order valence-electron chi connectivity index (χ3n) is 12.4. The summed E-state index contributed by atoms with van der Waals surface area (Å²) in [4.78, 5) is 48.6.